The average molecular weight is 350 g/mol. The van der Waals surface area contributed by atoms with Crippen LogP contribution in [0.3, 0.4) is 0 Å². The van der Waals surface area contributed by atoms with Gasteiger partial charge in [0.1, 0.15) is 0 Å². The fourth-order valence-corrected chi connectivity index (χ4v) is 3.87. The summed E-state index contributed by atoms with van der Waals surface area (Å²) in [5.41, 5.74) is 3.76. The molecule has 0 saturated carbocycles. The monoisotopic (exact) mass is 350 g/mol. The van der Waals surface area contributed by atoms with Crippen molar-refractivity contribution < 1.29 is 4.92 Å². The molecule has 0 aliphatic heterocycles. The summed E-state index contributed by atoms with van der Waals surface area (Å²) >= 11 is 1.45. The minimum atomic E-state index is -0.351. The van der Waals surface area contributed by atoms with Crippen LogP contribution in [-0.4, -0.2) is 19.5 Å². The molecule has 6 nitrogen and oxygen atoms in total. The van der Waals surface area contributed by atoms with Crippen LogP contribution in [0.4, 0.5) is 5.69 Å². The van der Waals surface area contributed by atoms with Gasteiger partial charge in [-0.25, -0.2) is 0 Å². The van der Waals surface area contributed by atoms with Crippen molar-refractivity contribution >= 4 is 34.0 Å². The van der Waals surface area contributed by atoms with E-state index in [-0.39, 0.29) is 10.6 Å². The van der Waals surface area contributed by atoms with Gasteiger partial charge in [0.2, 0.25) is 0 Å². The molecule has 2 heterocycles. The third-order valence-electron chi connectivity index (χ3n) is 4.12. The highest BCUT2D eigenvalue weighted by Crippen LogP contribution is 2.29. The third-order valence-corrected chi connectivity index (χ3v) is 5.10. The first-order valence-electron chi connectivity index (χ1n) is 7.74. The molecule has 25 heavy (non-hydrogen) atoms. The van der Waals surface area contributed by atoms with E-state index in [1.165, 1.54) is 17.8 Å². The first-order valence-corrected chi connectivity index (χ1v) is 8.72. The molecule has 7 heteroatoms. The zero-order valence-corrected chi connectivity index (χ0v) is 14.2. The van der Waals surface area contributed by atoms with Gasteiger partial charge in [-0.3, -0.25) is 14.5 Å². The molecule has 0 unspecified atom stereocenters. The van der Waals surface area contributed by atoms with Crippen molar-refractivity contribution in [3.8, 4) is 0 Å². The van der Waals surface area contributed by atoms with Crippen LogP contribution in [-0.2, 0) is 5.75 Å². The SMILES string of the molecule is Cc1cc2nnc(SCc3ccccc3[N+](=O)[O-])n2c2ccccc12. The van der Waals surface area contributed by atoms with Crippen LogP contribution in [0.5, 0.6) is 0 Å². The molecule has 0 atom stereocenters. The number of nitro benzene ring substituents is 1. The predicted molar refractivity (Wildman–Crippen MR) is 97.9 cm³/mol. The van der Waals surface area contributed by atoms with Gasteiger partial charge in [0, 0.05) is 22.8 Å². The molecule has 2 aromatic heterocycles. The van der Waals surface area contributed by atoms with Crippen molar-refractivity contribution in [3.63, 3.8) is 0 Å². The minimum absolute atomic E-state index is 0.129. The van der Waals surface area contributed by atoms with Gasteiger partial charge < -0.3 is 0 Å². The van der Waals surface area contributed by atoms with Crippen molar-refractivity contribution in [2.45, 2.75) is 17.8 Å². The number of rotatable bonds is 4. The topological polar surface area (TPSA) is 73.3 Å². The number of nitrogens with zero attached hydrogens (tertiary/aromatic N) is 4. The fourth-order valence-electron chi connectivity index (χ4n) is 2.92. The van der Waals surface area contributed by atoms with E-state index in [4.69, 9.17) is 0 Å². The van der Waals surface area contributed by atoms with E-state index in [9.17, 15) is 10.1 Å². The number of aromatic nitrogens is 3. The Kier molecular flexibility index (Phi) is 3.85. The first kappa shape index (κ1) is 15.6. The smallest absolute Gasteiger partial charge is 0.270 e. The van der Waals surface area contributed by atoms with Gasteiger partial charge in [-0.2, -0.15) is 0 Å². The maximum atomic E-state index is 11.2. The normalized spacial score (nSPS) is 11.2. The number of fused-ring (bicyclic) bond motifs is 3. The van der Waals surface area contributed by atoms with Crippen LogP contribution in [0.15, 0.2) is 59.8 Å². The van der Waals surface area contributed by atoms with Crippen LogP contribution in [0.1, 0.15) is 11.1 Å². The number of benzene rings is 2. The summed E-state index contributed by atoms with van der Waals surface area (Å²) in [7, 11) is 0. The van der Waals surface area contributed by atoms with Crippen LogP contribution in [0.2, 0.25) is 0 Å². The lowest BCUT2D eigenvalue weighted by Gasteiger charge is -2.07. The Labute approximate surface area is 147 Å². The van der Waals surface area contributed by atoms with E-state index in [0.29, 0.717) is 11.3 Å². The van der Waals surface area contributed by atoms with Gasteiger partial charge >= 0.3 is 0 Å². The summed E-state index contributed by atoms with van der Waals surface area (Å²) in [4.78, 5) is 10.8. The summed E-state index contributed by atoms with van der Waals surface area (Å²) in [5.74, 6) is 0.458. The lowest BCUT2D eigenvalue weighted by atomic mass is 10.1. The zero-order chi connectivity index (χ0) is 17.4. The number of thioether (sulfide) groups is 1. The number of para-hydroxylation sites is 2. The molecule has 0 spiro atoms. The van der Waals surface area contributed by atoms with Crippen LogP contribution < -0.4 is 0 Å². The largest absolute Gasteiger partial charge is 0.273 e. The number of hydrogen-bond acceptors (Lipinski definition) is 5. The summed E-state index contributed by atoms with van der Waals surface area (Å²) in [6.07, 6.45) is 0. The standard InChI is InChI=1S/C18H14N4O2S/c1-12-10-17-19-20-18(21(17)16-9-5-3-7-14(12)16)25-11-13-6-2-4-8-15(13)22(23)24/h2-10H,11H2,1H3. The van der Waals surface area contributed by atoms with Gasteiger partial charge in [-0.1, -0.05) is 48.2 Å². The number of aryl methyl sites for hydroxylation is 1. The Morgan fingerprint density at radius 1 is 1.12 bits per heavy atom. The summed E-state index contributed by atoms with van der Waals surface area (Å²) in [6.45, 7) is 2.05. The van der Waals surface area contributed by atoms with E-state index in [1.54, 1.807) is 12.1 Å². The van der Waals surface area contributed by atoms with Gasteiger partial charge in [-0.15, -0.1) is 10.2 Å². The Morgan fingerprint density at radius 2 is 1.88 bits per heavy atom. The molecule has 0 saturated heterocycles. The Bertz CT molecular complexity index is 1110. The summed E-state index contributed by atoms with van der Waals surface area (Å²) < 4.78 is 2.00. The summed E-state index contributed by atoms with van der Waals surface area (Å²) in [6, 6.07) is 16.9. The van der Waals surface area contributed by atoms with Gasteiger partial charge in [0.05, 0.1) is 10.4 Å². The Balaban J connectivity index is 1.76. The van der Waals surface area contributed by atoms with Crippen LogP contribution in [0.25, 0.3) is 16.6 Å². The van der Waals surface area contributed by atoms with E-state index in [0.717, 1.165) is 27.3 Å². The quantitative estimate of drug-likeness (QED) is 0.310. The van der Waals surface area contributed by atoms with E-state index in [1.807, 2.05) is 34.7 Å². The molecule has 4 rings (SSSR count). The van der Waals surface area contributed by atoms with E-state index < -0.39 is 0 Å². The maximum Gasteiger partial charge on any atom is 0.273 e. The Morgan fingerprint density at radius 3 is 2.72 bits per heavy atom. The van der Waals surface area contributed by atoms with Crippen molar-refractivity contribution in [3.05, 3.63) is 75.8 Å². The molecular formula is C18H14N4O2S. The highest BCUT2D eigenvalue weighted by Gasteiger charge is 2.15. The molecule has 0 radical (unpaired) electrons. The molecule has 4 aromatic rings. The molecular weight excluding hydrogens is 336 g/mol. The van der Waals surface area contributed by atoms with Crippen molar-refractivity contribution in [1.29, 1.82) is 0 Å². The zero-order valence-electron chi connectivity index (χ0n) is 13.4. The molecule has 124 valence electrons. The van der Waals surface area contributed by atoms with Crippen molar-refractivity contribution in [1.82, 2.24) is 14.6 Å². The molecule has 0 aliphatic carbocycles. The predicted octanol–water partition coefficient (Wildman–Crippen LogP) is 4.39. The van der Waals surface area contributed by atoms with Crippen LogP contribution in [0, 0.1) is 17.0 Å². The van der Waals surface area contributed by atoms with Crippen LogP contribution >= 0.6 is 11.8 Å². The highest BCUT2D eigenvalue weighted by atomic mass is 32.2. The van der Waals surface area contributed by atoms with Gasteiger partial charge in [0.25, 0.3) is 5.69 Å². The lowest BCUT2D eigenvalue weighted by molar-refractivity contribution is -0.385. The molecule has 0 amide bonds. The molecule has 0 fully saturated rings. The molecule has 0 N–H and O–H groups in total. The van der Waals surface area contributed by atoms with Gasteiger partial charge in [-0.05, 0) is 24.6 Å². The lowest BCUT2D eigenvalue weighted by Crippen LogP contribution is -1.95. The molecule has 2 aromatic carbocycles. The first-order chi connectivity index (χ1) is 12.1. The summed E-state index contributed by atoms with van der Waals surface area (Å²) in [5, 5.41) is 21.6. The second kappa shape index (κ2) is 6.18. The Hall–Kier alpha value is -2.93. The van der Waals surface area contributed by atoms with Crippen molar-refractivity contribution in [2.75, 3.05) is 0 Å². The van der Waals surface area contributed by atoms with Crippen molar-refractivity contribution in [2.24, 2.45) is 0 Å². The number of hydrogen-bond donors (Lipinski definition) is 0. The molecule has 0 bridgehead atoms. The fraction of sp³-hybridized carbons (Fsp3) is 0.111. The average Bonchev–Trinajstić information content (AvgIpc) is 3.03. The second-order valence-corrected chi connectivity index (χ2v) is 6.64. The van der Waals surface area contributed by atoms with Gasteiger partial charge in [0.15, 0.2) is 10.8 Å². The third kappa shape index (κ3) is 2.72. The highest BCUT2D eigenvalue weighted by molar-refractivity contribution is 7.98. The maximum absolute atomic E-state index is 11.2. The van der Waals surface area contributed by atoms with E-state index in [2.05, 4.69) is 23.2 Å². The van der Waals surface area contributed by atoms with E-state index >= 15 is 0 Å². The molecule has 0 aliphatic rings. The minimum Gasteiger partial charge on any atom is -0.270 e. The number of pyridine rings is 1. The second-order valence-electron chi connectivity index (χ2n) is 5.70. The number of nitro groups is 1.